The molecule has 1 atom stereocenters. The molecule has 1 fully saturated rings. The van der Waals surface area contributed by atoms with E-state index in [1.54, 1.807) is 0 Å². The minimum Gasteiger partial charge on any atom is -0.481 e. The number of para-hydroxylation sites is 1. The van der Waals surface area contributed by atoms with Crippen LogP contribution < -0.4 is 4.74 Å². The summed E-state index contributed by atoms with van der Waals surface area (Å²) in [4.78, 5) is 22.4. The second-order valence-corrected chi connectivity index (χ2v) is 7.95. The number of carboxylic acids is 1. The Bertz CT molecular complexity index is 779. The van der Waals surface area contributed by atoms with Gasteiger partial charge in [0.05, 0.1) is 5.92 Å². The standard InChI is InChI=1S/C17H24O2.C9H10O2/c1-3-14-9-7-8-12-16(14)19-17(18)13(2)15-10-5-4-6-11-15;10-9(11)7-6-8-4-2-1-3-5-8/h7-9,12-13,15H,3-6,10-11H2,1-2H3;1-5H,6-7H2,(H,10,11). The summed E-state index contributed by atoms with van der Waals surface area (Å²) in [7, 11) is 0. The fourth-order valence-corrected chi connectivity index (χ4v) is 3.82. The Balaban J connectivity index is 0.000000248. The van der Waals surface area contributed by atoms with Gasteiger partial charge in [0.2, 0.25) is 0 Å². The van der Waals surface area contributed by atoms with Gasteiger partial charge in [-0.05, 0) is 48.8 Å². The van der Waals surface area contributed by atoms with Crippen LogP contribution in [0.5, 0.6) is 5.75 Å². The number of rotatable bonds is 7. The fourth-order valence-electron chi connectivity index (χ4n) is 3.82. The predicted octanol–water partition coefficient (Wildman–Crippen LogP) is 6.07. The largest absolute Gasteiger partial charge is 0.481 e. The molecule has 1 aliphatic rings. The number of carbonyl (C=O) groups excluding carboxylic acids is 1. The van der Waals surface area contributed by atoms with Crippen molar-refractivity contribution in [3.8, 4) is 5.75 Å². The highest BCUT2D eigenvalue weighted by molar-refractivity contribution is 5.75. The van der Waals surface area contributed by atoms with Gasteiger partial charge < -0.3 is 9.84 Å². The van der Waals surface area contributed by atoms with Gasteiger partial charge in [0, 0.05) is 6.42 Å². The number of hydrogen-bond donors (Lipinski definition) is 1. The third-order valence-corrected chi connectivity index (χ3v) is 5.76. The van der Waals surface area contributed by atoms with E-state index in [1.807, 2.05) is 61.5 Å². The van der Waals surface area contributed by atoms with Crippen molar-refractivity contribution in [1.29, 1.82) is 0 Å². The minimum atomic E-state index is -0.742. The van der Waals surface area contributed by atoms with Crippen molar-refractivity contribution < 1.29 is 19.4 Å². The van der Waals surface area contributed by atoms with Crippen LogP contribution in [-0.4, -0.2) is 17.0 Å². The van der Waals surface area contributed by atoms with Crippen LogP contribution in [0.15, 0.2) is 54.6 Å². The lowest BCUT2D eigenvalue weighted by atomic mass is 9.81. The summed E-state index contributed by atoms with van der Waals surface area (Å²) in [6.07, 6.45) is 7.90. The first-order valence-corrected chi connectivity index (χ1v) is 11.1. The number of aliphatic carboxylic acids is 1. The van der Waals surface area contributed by atoms with Gasteiger partial charge in [-0.1, -0.05) is 81.6 Å². The van der Waals surface area contributed by atoms with Crippen molar-refractivity contribution in [1.82, 2.24) is 0 Å². The van der Waals surface area contributed by atoms with Crippen molar-refractivity contribution in [3.05, 3.63) is 65.7 Å². The Morgan fingerprint density at radius 1 is 1.00 bits per heavy atom. The molecule has 3 rings (SSSR count). The molecule has 0 saturated heterocycles. The Morgan fingerprint density at radius 3 is 2.27 bits per heavy atom. The molecule has 0 radical (unpaired) electrons. The highest BCUT2D eigenvalue weighted by Gasteiger charge is 2.27. The van der Waals surface area contributed by atoms with Crippen molar-refractivity contribution in [2.75, 3.05) is 0 Å². The third kappa shape index (κ3) is 8.02. The summed E-state index contributed by atoms with van der Waals surface area (Å²) in [6, 6.07) is 17.4. The molecule has 0 amide bonds. The van der Waals surface area contributed by atoms with Gasteiger partial charge >= 0.3 is 11.9 Å². The molecule has 1 N–H and O–H groups in total. The molecule has 2 aromatic carbocycles. The first-order valence-electron chi connectivity index (χ1n) is 11.1. The number of hydrogen-bond acceptors (Lipinski definition) is 3. The SMILES string of the molecule is CCc1ccccc1OC(=O)C(C)C1CCCCC1.O=C(O)CCc1ccccc1. The molecule has 1 saturated carbocycles. The molecule has 4 heteroatoms. The molecular weight excluding hydrogens is 376 g/mol. The van der Waals surface area contributed by atoms with Crippen LogP contribution in [-0.2, 0) is 22.4 Å². The monoisotopic (exact) mass is 410 g/mol. The van der Waals surface area contributed by atoms with Gasteiger partial charge in [0.15, 0.2) is 0 Å². The molecule has 0 spiro atoms. The highest BCUT2D eigenvalue weighted by atomic mass is 16.5. The number of carbonyl (C=O) groups is 2. The molecule has 4 nitrogen and oxygen atoms in total. The zero-order valence-corrected chi connectivity index (χ0v) is 18.2. The van der Waals surface area contributed by atoms with E-state index in [-0.39, 0.29) is 18.3 Å². The topological polar surface area (TPSA) is 63.6 Å². The number of aryl methyl sites for hydroxylation is 2. The van der Waals surface area contributed by atoms with Gasteiger partial charge in [-0.2, -0.15) is 0 Å². The summed E-state index contributed by atoms with van der Waals surface area (Å²) in [5, 5.41) is 8.37. The van der Waals surface area contributed by atoms with E-state index in [0.717, 1.165) is 23.3 Å². The summed E-state index contributed by atoms with van der Waals surface area (Å²) in [5.74, 6) is 0.458. The molecule has 0 bridgehead atoms. The lowest BCUT2D eigenvalue weighted by Gasteiger charge is -2.26. The van der Waals surface area contributed by atoms with Gasteiger partial charge in [-0.3, -0.25) is 9.59 Å². The Hall–Kier alpha value is -2.62. The maximum atomic E-state index is 12.3. The van der Waals surface area contributed by atoms with E-state index in [2.05, 4.69) is 6.92 Å². The van der Waals surface area contributed by atoms with Gasteiger partial charge in [0.25, 0.3) is 0 Å². The molecular formula is C26H34O4. The number of ether oxygens (including phenoxy) is 1. The predicted molar refractivity (Wildman–Crippen MR) is 120 cm³/mol. The molecule has 0 aliphatic heterocycles. The molecule has 0 aromatic heterocycles. The van der Waals surface area contributed by atoms with Crippen molar-refractivity contribution in [3.63, 3.8) is 0 Å². The zero-order valence-electron chi connectivity index (χ0n) is 18.2. The number of carboxylic acid groups (broad SMARTS) is 1. The van der Waals surface area contributed by atoms with Crippen LogP contribution in [0, 0.1) is 11.8 Å². The molecule has 1 aliphatic carbocycles. The maximum Gasteiger partial charge on any atom is 0.314 e. The van der Waals surface area contributed by atoms with E-state index >= 15 is 0 Å². The second kappa shape index (κ2) is 12.8. The van der Waals surface area contributed by atoms with Gasteiger partial charge in [-0.25, -0.2) is 0 Å². The third-order valence-electron chi connectivity index (χ3n) is 5.76. The lowest BCUT2D eigenvalue weighted by molar-refractivity contribution is -0.140. The zero-order chi connectivity index (χ0) is 21.8. The fraction of sp³-hybridized carbons (Fsp3) is 0.462. The summed E-state index contributed by atoms with van der Waals surface area (Å²) in [5.41, 5.74) is 2.18. The van der Waals surface area contributed by atoms with Crippen LogP contribution in [0.3, 0.4) is 0 Å². The second-order valence-electron chi connectivity index (χ2n) is 7.95. The number of esters is 1. The lowest BCUT2D eigenvalue weighted by Crippen LogP contribution is -2.27. The Kier molecular flexibility index (Phi) is 10.1. The van der Waals surface area contributed by atoms with Gasteiger partial charge in [-0.15, -0.1) is 0 Å². The smallest absolute Gasteiger partial charge is 0.314 e. The van der Waals surface area contributed by atoms with Crippen LogP contribution in [0.4, 0.5) is 0 Å². The van der Waals surface area contributed by atoms with Crippen molar-refractivity contribution in [2.24, 2.45) is 11.8 Å². The minimum absolute atomic E-state index is 0.0187. The average Bonchev–Trinajstić information content (AvgIpc) is 2.79. The molecule has 162 valence electrons. The Labute approximate surface area is 180 Å². The van der Waals surface area contributed by atoms with E-state index in [4.69, 9.17) is 9.84 Å². The Morgan fingerprint density at radius 2 is 1.63 bits per heavy atom. The average molecular weight is 411 g/mol. The van der Waals surface area contributed by atoms with E-state index in [9.17, 15) is 9.59 Å². The van der Waals surface area contributed by atoms with E-state index in [0.29, 0.717) is 12.3 Å². The van der Waals surface area contributed by atoms with Crippen LogP contribution in [0.2, 0.25) is 0 Å². The first kappa shape index (κ1) is 23.7. The molecule has 30 heavy (non-hydrogen) atoms. The molecule has 2 aromatic rings. The summed E-state index contributed by atoms with van der Waals surface area (Å²) >= 11 is 0. The van der Waals surface area contributed by atoms with E-state index in [1.165, 1.54) is 32.1 Å². The quantitative estimate of drug-likeness (QED) is 0.444. The van der Waals surface area contributed by atoms with Crippen LogP contribution in [0.1, 0.15) is 63.5 Å². The summed E-state index contributed by atoms with van der Waals surface area (Å²) in [6.45, 7) is 4.10. The number of benzene rings is 2. The van der Waals surface area contributed by atoms with Crippen molar-refractivity contribution in [2.45, 2.75) is 65.2 Å². The molecule has 1 unspecified atom stereocenters. The van der Waals surface area contributed by atoms with Crippen LogP contribution in [0.25, 0.3) is 0 Å². The summed E-state index contributed by atoms with van der Waals surface area (Å²) < 4.78 is 5.61. The van der Waals surface area contributed by atoms with Crippen LogP contribution >= 0.6 is 0 Å². The highest BCUT2D eigenvalue weighted by Crippen LogP contribution is 2.31. The van der Waals surface area contributed by atoms with Gasteiger partial charge in [0.1, 0.15) is 5.75 Å². The first-order chi connectivity index (χ1) is 14.5. The normalized spacial score (nSPS) is 14.9. The maximum absolute atomic E-state index is 12.3. The van der Waals surface area contributed by atoms with Crippen molar-refractivity contribution >= 4 is 11.9 Å². The van der Waals surface area contributed by atoms with E-state index < -0.39 is 5.97 Å². The molecule has 0 heterocycles.